The highest BCUT2D eigenvalue weighted by Crippen LogP contribution is 2.30. The van der Waals surface area contributed by atoms with Crippen LogP contribution in [0.5, 0.6) is 5.75 Å². The van der Waals surface area contributed by atoms with Gasteiger partial charge in [-0.2, -0.15) is 0 Å². The summed E-state index contributed by atoms with van der Waals surface area (Å²) in [4.78, 5) is 36.6. The quantitative estimate of drug-likeness (QED) is 0.606. The number of aliphatic carboxylic acids is 1. The van der Waals surface area contributed by atoms with Gasteiger partial charge in [-0.3, -0.25) is 14.4 Å². The van der Waals surface area contributed by atoms with E-state index in [1.165, 1.54) is 6.92 Å². The van der Waals surface area contributed by atoms with Gasteiger partial charge in [0.15, 0.2) is 5.78 Å². The fraction of sp³-hybridized carbons (Fsp3) is 0.526. The maximum Gasteiger partial charge on any atom is 0.311 e. The first-order valence-electron chi connectivity index (χ1n) is 8.57. The summed E-state index contributed by atoms with van der Waals surface area (Å²) < 4.78 is 5.60. The number of benzene rings is 1. The minimum atomic E-state index is -0.850. The normalized spacial score (nSPS) is 20.2. The smallest absolute Gasteiger partial charge is 0.311 e. The van der Waals surface area contributed by atoms with Crippen LogP contribution in [0.1, 0.15) is 49.9 Å². The Kier molecular flexibility index (Phi) is 6.17. The van der Waals surface area contributed by atoms with E-state index in [2.05, 4.69) is 0 Å². The number of hydrogen-bond donors (Lipinski definition) is 1. The molecule has 1 aliphatic rings. The summed E-state index contributed by atoms with van der Waals surface area (Å²) >= 11 is 0. The Labute approximate surface area is 147 Å². The number of carbonyl (C=O) groups is 3. The third-order valence-electron chi connectivity index (χ3n) is 4.61. The van der Waals surface area contributed by atoms with Gasteiger partial charge < -0.3 is 14.7 Å². The molecule has 1 fully saturated rings. The van der Waals surface area contributed by atoms with E-state index in [4.69, 9.17) is 4.74 Å². The second-order valence-corrected chi connectivity index (χ2v) is 6.82. The molecule has 6 heteroatoms. The molecule has 1 N–H and O–H groups in total. The van der Waals surface area contributed by atoms with E-state index in [9.17, 15) is 19.5 Å². The van der Waals surface area contributed by atoms with E-state index in [0.717, 1.165) is 0 Å². The lowest BCUT2D eigenvalue weighted by Crippen LogP contribution is -2.48. The van der Waals surface area contributed by atoms with E-state index in [-0.39, 0.29) is 18.2 Å². The largest absolute Gasteiger partial charge is 0.494 e. The number of amides is 1. The van der Waals surface area contributed by atoms with Gasteiger partial charge in [0.25, 0.3) is 0 Å². The zero-order valence-corrected chi connectivity index (χ0v) is 14.8. The molecule has 1 aromatic carbocycles. The van der Waals surface area contributed by atoms with Crippen LogP contribution in [0.4, 0.5) is 0 Å². The molecule has 1 amide bonds. The second-order valence-electron chi connectivity index (χ2n) is 6.82. The molecule has 0 spiro atoms. The fourth-order valence-corrected chi connectivity index (χ4v) is 3.00. The zero-order valence-electron chi connectivity index (χ0n) is 14.8. The van der Waals surface area contributed by atoms with Crippen molar-refractivity contribution in [3.63, 3.8) is 0 Å². The summed E-state index contributed by atoms with van der Waals surface area (Å²) in [5, 5.41) is 9.32. The van der Waals surface area contributed by atoms with Crippen LogP contribution < -0.4 is 4.74 Å². The molecule has 6 nitrogen and oxygen atoms in total. The minimum Gasteiger partial charge on any atom is -0.494 e. The monoisotopic (exact) mass is 347 g/mol. The van der Waals surface area contributed by atoms with Crippen LogP contribution in [0.2, 0.25) is 0 Å². The Morgan fingerprint density at radius 2 is 2.08 bits per heavy atom. The summed E-state index contributed by atoms with van der Waals surface area (Å²) in [6, 6.07) is 6.95. The van der Waals surface area contributed by atoms with Gasteiger partial charge in [-0.15, -0.1) is 0 Å². The van der Waals surface area contributed by atoms with Crippen molar-refractivity contribution in [3.8, 4) is 5.75 Å². The van der Waals surface area contributed by atoms with Crippen LogP contribution in [-0.2, 0) is 9.59 Å². The molecule has 1 heterocycles. The number of rotatable bonds is 7. The number of Topliss-reactive ketones (excluding diaryl/α,β-unsaturated/α-hetero) is 1. The van der Waals surface area contributed by atoms with Crippen molar-refractivity contribution in [3.05, 3.63) is 29.8 Å². The number of ether oxygens (including phenoxy) is 1. The van der Waals surface area contributed by atoms with Gasteiger partial charge in [-0.05, 0) is 45.2 Å². The molecule has 136 valence electrons. The van der Waals surface area contributed by atoms with E-state index in [1.807, 2.05) is 0 Å². The van der Waals surface area contributed by atoms with Crippen LogP contribution >= 0.6 is 0 Å². The standard InChI is InChI=1S/C19H25NO5/c1-14(21)15-6-3-7-16(12-15)25-11-4-8-17(22)20-10-5-9-19(2,13-20)18(23)24/h3,6-7,12H,4-5,8-11,13H2,1-2H3,(H,23,24). The summed E-state index contributed by atoms with van der Waals surface area (Å²) in [5.74, 6) is -0.296. The summed E-state index contributed by atoms with van der Waals surface area (Å²) in [6.45, 7) is 4.45. The van der Waals surface area contributed by atoms with Gasteiger partial charge in [0, 0.05) is 25.1 Å². The molecule has 1 aliphatic heterocycles. The first-order chi connectivity index (χ1) is 11.8. The molecule has 1 aromatic rings. The first kappa shape index (κ1) is 19.0. The lowest BCUT2D eigenvalue weighted by atomic mass is 9.82. The SMILES string of the molecule is CC(=O)c1cccc(OCCCC(=O)N2CCCC(C)(C(=O)O)C2)c1. The highest BCUT2D eigenvalue weighted by atomic mass is 16.5. The Hall–Kier alpha value is -2.37. The van der Waals surface area contributed by atoms with Crippen molar-refractivity contribution in [1.82, 2.24) is 4.90 Å². The third kappa shape index (κ3) is 5.05. The molecule has 0 saturated carbocycles. The van der Waals surface area contributed by atoms with Crippen LogP contribution in [0.15, 0.2) is 24.3 Å². The Bertz CT molecular complexity index is 657. The maximum absolute atomic E-state index is 12.3. The second kappa shape index (κ2) is 8.14. The van der Waals surface area contributed by atoms with Crippen LogP contribution in [0.3, 0.4) is 0 Å². The summed E-state index contributed by atoms with van der Waals surface area (Å²) in [5.41, 5.74) is -0.257. The van der Waals surface area contributed by atoms with Gasteiger partial charge in [0.05, 0.1) is 12.0 Å². The molecular weight excluding hydrogens is 322 g/mol. The molecule has 0 aliphatic carbocycles. The molecule has 1 atom stereocenters. The van der Waals surface area contributed by atoms with Gasteiger partial charge in [0.2, 0.25) is 5.91 Å². The number of carboxylic acid groups (broad SMARTS) is 1. The average molecular weight is 347 g/mol. The molecule has 1 unspecified atom stereocenters. The van der Waals surface area contributed by atoms with Gasteiger partial charge in [0.1, 0.15) is 5.75 Å². The summed E-state index contributed by atoms with van der Waals surface area (Å²) in [7, 11) is 0. The van der Waals surface area contributed by atoms with Crippen LogP contribution in [0.25, 0.3) is 0 Å². The Morgan fingerprint density at radius 3 is 2.76 bits per heavy atom. The lowest BCUT2D eigenvalue weighted by molar-refractivity contribution is -0.153. The van der Waals surface area contributed by atoms with Gasteiger partial charge in [-0.1, -0.05) is 12.1 Å². The van der Waals surface area contributed by atoms with E-state index in [0.29, 0.717) is 50.1 Å². The molecule has 0 bridgehead atoms. The highest BCUT2D eigenvalue weighted by Gasteiger charge is 2.39. The zero-order chi connectivity index (χ0) is 18.4. The van der Waals surface area contributed by atoms with Gasteiger partial charge in [-0.25, -0.2) is 0 Å². The van der Waals surface area contributed by atoms with Crippen molar-refractivity contribution in [2.75, 3.05) is 19.7 Å². The Morgan fingerprint density at radius 1 is 1.32 bits per heavy atom. The third-order valence-corrected chi connectivity index (χ3v) is 4.61. The molecule has 0 aromatic heterocycles. The fourth-order valence-electron chi connectivity index (χ4n) is 3.00. The molecule has 25 heavy (non-hydrogen) atoms. The number of piperidine rings is 1. The van der Waals surface area contributed by atoms with Crippen molar-refractivity contribution < 1.29 is 24.2 Å². The predicted molar refractivity (Wildman–Crippen MR) is 92.7 cm³/mol. The molecule has 2 rings (SSSR count). The molecule has 0 radical (unpaired) electrons. The number of hydrogen-bond acceptors (Lipinski definition) is 4. The minimum absolute atomic E-state index is 0.0211. The first-order valence-corrected chi connectivity index (χ1v) is 8.57. The average Bonchev–Trinajstić information content (AvgIpc) is 2.58. The van der Waals surface area contributed by atoms with E-state index < -0.39 is 11.4 Å². The van der Waals surface area contributed by atoms with Crippen LogP contribution in [0, 0.1) is 5.41 Å². The molecular formula is C19H25NO5. The maximum atomic E-state index is 12.3. The van der Waals surface area contributed by atoms with E-state index in [1.54, 1.807) is 36.1 Å². The van der Waals surface area contributed by atoms with Crippen molar-refractivity contribution in [2.24, 2.45) is 5.41 Å². The number of nitrogens with zero attached hydrogens (tertiary/aromatic N) is 1. The number of carboxylic acids is 1. The summed E-state index contributed by atoms with van der Waals surface area (Å²) in [6.07, 6.45) is 2.18. The lowest BCUT2D eigenvalue weighted by Gasteiger charge is -2.37. The topological polar surface area (TPSA) is 83.9 Å². The highest BCUT2D eigenvalue weighted by molar-refractivity contribution is 5.94. The van der Waals surface area contributed by atoms with Crippen molar-refractivity contribution >= 4 is 17.7 Å². The van der Waals surface area contributed by atoms with Crippen molar-refractivity contribution in [2.45, 2.75) is 39.5 Å². The van der Waals surface area contributed by atoms with Crippen molar-refractivity contribution in [1.29, 1.82) is 0 Å². The number of likely N-dealkylation sites (tertiary alicyclic amines) is 1. The van der Waals surface area contributed by atoms with Crippen LogP contribution in [-0.4, -0.2) is 47.4 Å². The predicted octanol–water partition coefficient (Wildman–Crippen LogP) is 2.76. The van der Waals surface area contributed by atoms with E-state index >= 15 is 0 Å². The number of ketones is 1. The molecule has 1 saturated heterocycles. The van der Waals surface area contributed by atoms with Gasteiger partial charge >= 0.3 is 5.97 Å². The Balaban J connectivity index is 1.78. The number of carbonyl (C=O) groups excluding carboxylic acids is 2.